The third kappa shape index (κ3) is 8.16. The molecule has 0 heterocycles. The minimum absolute atomic E-state index is 0.332. The molecule has 0 N–H and O–H groups in total. The van der Waals surface area contributed by atoms with E-state index in [1.54, 1.807) is 28.4 Å². The third-order valence-corrected chi connectivity index (χ3v) is 8.97. The average molecular weight is 586 g/mol. The molecular formula is C28H28O4Se2. The van der Waals surface area contributed by atoms with Crippen LogP contribution in [0, 0.1) is 0 Å². The molecule has 0 bridgehead atoms. The predicted octanol–water partition coefficient (Wildman–Crippen LogP) is 2.72. The fourth-order valence-corrected chi connectivity index (χ4v) is 6.27. The Bertz CT molecular complexity index is 927. The first-order valence-corrected chi connectivity index (χ1v) is 14.0. The molecule has 0 amide bonds. The number of ether oxygens (including phenoxy) is 4. The van der Waals surface area contributed by atoms with Crippen molar-refractivity contribution in [3.05, 3.63) is 97.1 Å². The topological polar surface area (TPSA) is 36.9 Å². The van der Waals surface area contributed by atoms with Crippen LogP contribution in [0.3, 0.4) is 0 Å². The molecule has 0 radical (unpaired) electrons. The first-order valence-electron chi connectivity index (χ1n) is 10.6. The van der Waals surface area contributed by atoms with Crippen LogP contribution >= 0.6 is 0 Å². The van der Waals surface area contributed by atoms with E-state index in [4.69, 9.17) is 18.9 Å². The van der Waals surface area contributed by atoms with Crippen molar-refractivity contribution >= 4 is 47.8 Å². The van der Waals surface area contributed by atoms with Crippen molar-refractivity contribution in [1.29, 1.82) is 0 Å². The zero-order chi connectivity index (χ0) is 24.2. The van der Waals surface area contributed by atoms with Gasteiger partial charge in [-0.15, -0.1) is 0 Å². The van der Waals surface area contributed by atoms with Crippen LogP contribution in [0.5, 0.6) is 23.0 Å². The van der Waals surface area contributed by atoms with E-state index in [0.29, 0.717) is 29.9 Å². The van der Waals surface area contributed by atoms with E-state index in [-0.39, 0.29) is 0 Å². The second-order valence-electron chi connectivity index (χ2n) is 6.91. The Kier molecular flexibility index (Phi) is 10.4. The molecule has 4 nitrogen and oxygen atoms in total. The Morgan fingerprint density at radius 3 is 0.647 bits per heavy atom. The number of rotatable bonds is 8. The van der Waals surface area contributed by atoms with E-state index in [9.17, 15) is 0 Å². The van der Waals surface area contributed by atoms with Gasteiger partial charge < -0.3 is 0 Å². The SMILES string of the molecule is COc1ccc([Se]c2ccc(OC)cc2)cc1.COc1ccc([Se]c2ccc(OC)cc2)cc1. The van der Waals surface area contributed by atoms with E-state index in [1.165, 1.54) is 17.8 Å². The summed E-state index contributed by atoms with van der Waals surface area (Å²) in [6.07, 6.45) is 0. The summed E-state index contributed by atoms with van der Waals surface area (Å²) in [5.74, 6) is 3.61. The van der Waals surface area contributed by atoms with Crippen molar-refractivity contribution < 1.29 is 18.9 Å². The summed E-state index contributed by atoms with van der Waals surface area (Å²) >= 11 is 0.664. The summed E-state index contributed by atoms with van der Waals surface area (Å²) in [5.41, 5.74) is 0. The molecule has 6 heteroatoms. The molecule has 0 fully saturated rings. The molecule has 0 aliphatic rings. The van der Waals surface area contributed by atoms with Crippen LogP contribution in [0.4, 0.5) is 0 Å². The van der Waals surface area contributed by atoms with Gasteiger partial charge in [0.2, 0.25) is 0 Å². The Morgan fingerprint density at radius 2 is 0.500 bits per heavy atom. The van der Waals surface area contributed by atoms with Crippen LogP contribution in [-0.4, -0.2) is 58.4 Å². The van der Waals surface area contributed by atoms with Crippen molar-refractivity contribution in [1.82, 2.24) is 0 Å². The quantitative estimate of drug-likeness (QED) is 0.298. The van der Waals surface area contributed by atoms with Crippen LogP contribution in [0.15, 0.2) is 97.1 Å². The first-order chi connectivity index (χ1) is 16.6. The van der Waals surface area contributed by atoms with Gasteiger partial charge in [-0.3, -0.25) is 0 Å². The Balaban J connectivity index is 0.000000191. The maximum absolute atomic E-state index is 5.14. The Labute approximate surface area is 214 Å². The Hall–Kier alpha value is -2.88. The van der Waals surface area contributed by atoms with Gasteiger partial charge in [0.05, 0.1) is 0 Å². The molecule has 0 aliphatic heterocycles. The van der Waals surface area contributed by atoms with Crippen molar-refractivity contribution in [3.63, 3.8) is 0 Å². The average Bonchev–Trinajstić information content (AvgIpc) is 2.91. The molecule has 0 saturated carbocycles. The number of hydrogen-bond acceptors (Lipinski definition) is 4. The maximum atomic E-state index is 5.14. The van der Waals surface area contributed by atoms with Gasteiger partial charge in [0, 0.05) is 0 Å². The monoisotopic (exact) mass is 588 g/mol. The molecule has 176 valence electrons. The third-order valence-electron chi connectivity index (χ3n) is 4.71. The summed E-state index contributed by atoms with van der Waals surface area (Å²) < 4.78 is 25.9. The summed E-state index contributed by atoms with van der Waals surface area (Å²) in [5, 5.41) is 0. The molecule has 0 spiro atoms. The van der Waals surface area contributed by atoms with Gasteiger partial charge in [-0.05, 0) is 0 Å². The van der Waals surface area contributed by atoms with Gasteiger partial charge in [0.25, 0.3) is 0 Å². The predicted molar refractivity (Wildman–Crippen MR) is 142 cm³/mol. The van der Waals surface area contributed by atoms with Gasteiger partial charge in [-0.1, -0.05) is 0 Å². The fourth-order valence-electron chi connectivity index (χ4n) is 2.85. The molecule has 4 aromatic rings. The van der Waals surface area contributed by atoms with Gasteiger partial charge in [0.1, 0.15) is 0 Å². The molecule has 4 rings (SSSR count). The molecule has 0 aromatic heterocycles. The normalized spacial score (nSPS) is 10.0. The molecule has 0 atom stereocenters. The zero-order valence-electron chi connectivity index (χ0n) is 19.7. The second kappa shape index (κ2) is 13.7. The standard InChI is InChI=1S/2C14H14O2Se/c2*1-15-11-3-7-13(8-4-11)17-14-9-5-12(16-2)6-10-14/h2*3-10H,1-2H3. The number of methoxy groups -OCH3 is 4. The summed E-state index contributed by atoms with van der Waals surface area (Å²) in [4.78, 5) is 0. The molecule has 0 aliphatic carbocycles. The van der Waals surface area contributed by atoms with Gasteiger partial charge >= 0.3 is 215 Å². The van der Waals surface area contributed by atoms with Gasteiger partial charge in [0.15, 0.2) is 0 Å². The number of hydrogen-bond donors (Lipinski definition) is 0. The molecule has 0 unspecified atom stereocenters. The van der Waals surface area contributed by atoms with E-state index in [2.05, 4.69) is 48.5 Å². The summed E-state index contributed by atoms with van der Waals surface area (Å²) in [7, 11) is 6.74. The van der Waals surface area contributed by atoms with Gasteiger partial charge in [-0.2, -0.15) is 0 Å². The first kappa shape index (κ1) is 25.7. The molecule has 4 aromatic carbocycles. The van der Waals surface area contributed by atoms with Crippen molar-refractivity contribution in [2.75, 3.05) is 28.4 Å². The molecular weight excluding hydrogens is 558 g/mol. The van der Waals surface area contributed by atoms with Crippen LogP contribution in [-0.2, 0) is 0 Å². The number of benzene rings is 4. The fraction of sp³-hybridized carbons (Fsp3) is 0.143. The van der Waals surface area contributed by atoms with Crippen molar-refractivity contribution in [2.24, 2.45) is 0 Å². The van der Waals surface area contributed by atoms with Crippen molar-refractivity contribution in [3.8, 4) is 23.0 Å². The summed E-state index contributed by atoms with van der Waals surface area (Å²) in [6, 6.07) is 32.9. The molecule has 0 saturated heterocycles. The van der Waals surface area contributed by atoms with E-state index in [0.717, 1.165) is 23.0 Å². The van der Waals surface area contributed by atoms with E-state index < -0.39 is 0 Å². The minimum atomic E-state index is 0.332. The van der Waals surface area contributed by atoms with Crippen LogP contribution < -0.4 is 36.8 Å². The zero-order valence-corrected chi connectivity index (χ0v) is 23.1. The Morgan fingerprint density at radius 1 is 0.324 bits per heavy atom. The molecule has 34 heavy (non-hydrogen) atoms. The van der Waals surface area contributed by atoms with Crippen LogP contribution in [0.1, 0.15) is 0 Å². The van der Waals surface area contributed by atoms with Gasteiger partial charge in [-0.25, -0.2) is 0 Å². The second-order valence-corrected chi connectivity index (χ2v) is 11.7. The summed E-state index contributed by atoms with van der Waals surface area (Å²) in [6.45, 7) is 0. The van der Waals surface area contributed by atoms with Crippen LogP contribution in [0.25, 0.3) is 0 Å². The van der Waals surface area contributed by atoms with Crippen molar-refractivity contribution in [2.45, 2.75) is 0 Å². The van der Waals surface area contributed by atoms with E-state index >= 15 is 0 Å². The van der Waals surface area contributed by atoms with E-state index in [1.807, 2.05) is 48.5 Å². The van der Waals surface area contributed by atoms with Crippen LogP contribution in [0.2, 0.25) is 0 Å².